The van der Waals surface area contributed by atoms with Crippen molar-refractivity contribution in [2.75, 3.05) is 26.3 Å². The van der Waals surface area contributed by atoms with Crippen molar-refractivity contribution >= 4 is 18.2 Å². The summed E-state index contributed by atoms with van der Waals surface area (Å²) in [5, 5.41) is 30.6. The molecule has 2 amide bonds. The summed E-state index contributed by atoms with van der Waals surface area (Å²) in [6, 6.07) is 0. The molecule has 0 fully saturated rings. The fourth-order valence-electron chi connectivity index (χ4n) is 1.47. The number of nitrogens with one attached hydrogen (secondary N) is 2. The van der Waals surface area contributed by atoms with Gasteiger partial charge in [-0.05, 0) is 12.8 Å². The molecule has 0 saturated heterocycles. The fourth-order valence-corrected chi connectivity index (χ4v) is 1.47. The van der Waals surface area contributed by atoms with E-state index >= 15 is 0 Å². The zero-order valence-corrected chi connectivity index (χ0v) is 12.8. The Morgan fingerprint density at radius 2 is 1.52 bits per heavy atom. The minimum Gasteiger partial charge on any atom is -0.481 e. The van der Waals surface area contributed by atoms with E-state index in [1.165, 1.54) is 0 Å². The van der Waals surface area contributed by atoms with Crippen LogP contribution in [-0.2, 0) is 14.3 Å². The highest BCUT2D eigenvalue weighted by atomic mass is 16.7. The lowest BCUT2D eigenvalue weighted by molar-refractivity contribution is -0.137. The van der Waals surface area contributed by atoms with Crippen LogP contribution < -0.4 is 10.6 Å². The largest absolute Gasteiger partial charge is 0.481 e. The minimum atomic E-state index is -1.52. The number of aliphatic hydroxyl groups is 2. The van der Waals surface area contributed by atoms with Crippen molar-refractivity contribution < 1.29 is 39.2 Å². The Hall–Kier alpha value is -2.07. The smallest absolute Gasteiger partial charge is 0.409 e. The van der Waals surface area contributed by atoms with Gasteiger partial charge in [-0.1, -0.05) is 12.8 Å². The molecular weight excluding hydrogens is 312 g/mol. The summed E-state index contributed by atoms with van der Waals surface area (Å²) in [4.78, 5) is 32.4. The van der Waals surface area contributed by atoms with E-state index in [-0.39, 0.29) is 13.0 Å². The maximum Gasteiger partial charge on any atom is 0.409 e. The number of rotatable bonds is 12. The van der Waals surface area contributed by atoms with Crippen LogP contribution in [0.1, 0.15) is 32.1 Å². The Labute approximate surface area is 133 Å². The topological polar surface area (TPSA) is 154 Å². The summed E-state index contributed by atoms with van der Waals surface area (Å²) in [5.74, 6) is -1.03. The molecule has 0 aliphatic carbocycles. The lowest BCUT2D eigenvalue weighted by Crippen LogP contribution is -2.31. The van der Waals surface area contributed by atoms with Crippen molar-refractivity contribution in [3.05, 3.63) is 0 Å². The number of carboxylic acid groups (broad SMARTS) is 1. The number of carbonyl (C=O) groups is 3. The lowest BCUT2D eigenvalue weighted by atomic mass is 10.2. The third-order valence-corrected chi connectivity index (χ3v) is 2.59. The molecule has 0 aliphatic rings. The highest BCUT2D eigenvalue weighted by Crippen LogP contribution is 1.98. The molecule has 134 valence electrons. The van der Waals surface area contributed by atoms with Gasteiger partial charge >= 0.3 is 18.2 Å². The molecule has 0 aromatic rings. The van der Waals surface area contributed by atoms with Crippen LogP contribution in [-0.4, -0.2) is 66.1 Å². The number of hydrogen-bond acceptors (Lipinski definition) is 7. The number of carbonyl (C=O) groups excluding carboxylic acids is 2. The summed E-state index contributed by atoms with van der Waals surface area (Å²) < 4.78 is 9.01. The van der Waals surface area contributed by atoms with Crippen molar-refractivity contribution in [2.24, 2.45) is 0 Å². The van der Waals surface area contributed by atoms with Crippen molar-refractivity contribution in [2.45, 2.75) is 38.4 Å². The molecule has 0 aromatic carbocycles. The zero-order chi connectivity index (χ0) is 17.5. The molecule has 0 radical (unpaired) electrons. The molecule has 0 bridgehead atoms. The lowest BCUT2D eigenvalue weighted by Gasteiger charge is -2.10. The van der Waals surface area contributed by atoms with Gasteiger partial charge in [0.15, 0.2) is 0 Å². The number of aliphatic carboxylic acids is 1. The van der Waals surface area contributed by atoms with Crippen molar-refractivity contribution in [3.63, 3.8) is 0 Å². The third kappa shape index (κ3) is 14.6. The zero-order valence-electron chi connectivity index (χ0n) is 12.8. The van der Waals surface area contributed by atoms with Gasteiger partial charge in [0, 0.05) is 13.1 Å². The van der Waals surface area contributed by atoms with Crippen LogP contribution in [0.5, 0.6) is 0 Å². The fraction of sp³-hybridized carbons (Fsp3) is 0.769. The van der Waals surface area contributed by atoms with E-state index in [9.17, 15) is 14.4 Å². The molecular formula is C13H24N2O8. The van der Waals surface area contributed by atoms with Gasteiger partial charge in [-0.15, -0.1) is 0 Å². The molecule has 5 N–H and O–H groups in total. The average Bonchev–Trinajstić information content (AvgIpc) is 2.49. The monoisotopic (exact) mass is 336 g/mol. The van der Waals surface area contributed by atoms with Crippen molar-refractivity contribution in [1.29, 1.82) is 0 Å². The molecule has 0 rings (SSSR count). The van der Waals surface area contributed by atoms with Gasteiger partial charge in [-0.2, -0.15) is 0 Å². The van der Waals surface area contributed by atoms with Crippen LogP contribution in [0.4, 0.5) is 9.59 Å². The molecule has 0 aliphatic heterocycles. The predicted molar refractivity (Wildman–Crippen MR) is 77.6 cm³/mol. The molecule has 10 heteroatoms. The number of ether oxygens (including phenoxy) is 2. The Kier molecular flexibility index (Phi) is 12.4. The quantitative estimate of drug-likeness (QED) is 0.242. The molecule has 1 atom stereocenters. The van der Waals surface area contributed by atoms with Gasteiger partial charge in [0.2, 0.25) is 6.29 Å². The van der Waals surface area contributed by atoms with Crippen molar-refractivity contribution in [3.8, 4) is 0 Å². The molecule has 0 spiro atoms. The Balaban J connectivity index is 3.34. The van der Waals surface area contributed by atoms with E-state index < -0.39 is 31.1 Å². The Morgan fingerprint density at radius 1 is 0.957 bits per heavy atom. The normalized spacial score (nSPS) is 11.4. The SMILES string of the molecule is O=C(O)CCOC(=O)NCCCCCCNC(=O)OC(O)CO. The second-order valence-electron chi connectivity index (χ2n) is 4.59. The molecule has 1 unspecified atom stereocenters. The highest BCUT2D eigenvalue weighted by Gasteiger charge is 2.08. The van der Waals surface area contributed by atoms with Gasteiger partial charge in [0.25, 0.3) is 0 Å². The number of amides is 2. The van der Waals surface area contributed by atoms with Crippen LogP contribution in [0.2, 0.25) is 0 Å². The summed E-state index contributed by atoms with van der Waals surface area (Å²) in [6.07, 6.45) is -0.108. The Bertz CT molecular complexity index is 364. The Morgan fingerprint density at radius 3 is 2.04 bits per heavy atom. The molecule has 10 nitrogen and oxygen atoms in total. The van der Waals surface area contributed by atoms with E-state index in [1.807, 2.05) is 0 Å². The maximum absolute atomic E-state index is 11.1. The van der Waals surface area contributed by atoms with E-state index in [2.05, 4.69) is 20.1 Å². The van der Waals surface area contributed by atoms with Gasteiger partial charge < -0.3 is 35.4 Å². The number of hydrogen-bond donors (Lipinski definition) is 5. The predicted octanol–water partition coefficient (Wildman–Crippen LogP) is -0.215. The molecule has 0 heterocycles. The number of aliphatic hydroxyl groups excluding tert-OH is 2. The summed E-state index contributed by atoms with van der Waals surface area (Å²) in [5.41, 5.74) is 0. The van der Waals surface area contributed by atoms with Gasteiger partial charge in [0.05, 0.1) is 6.42 Å². The first-order chi connectivity index (χ1) is 11.0. The van der Waals surface area contributed by atoms with Gasteiger partial charge in [-0.25, -0.2) is 9.59 Å². The molecule has 23 heavy (non-hydrogen) atoms. The van der Waals surface area contributed by atoms with E-state index in [0.717, 1.165) is 19.3 Å². The second kappa shape index (κ2) is 13.6. The van der Waals surface area contributed by atoms with Crippen LogP contribution >= 0.6 is 0 Å². The minimum absolute atomic E-state index is 0.159. The van der Waals surface area contributed by atoms with Gasteiger partial charge in [-0.3, -0.25) is 4.79 Å². The molecule has 0 saturated carbocycles. The third-order valence-electron chi connectivity index (χ3n) is 2.59. The van der Waals surface area contributed by atoms with Crippen molar-refractivity contribution in [1.82, 2.24) is 10.6 Å². The van der Waals surface area contributed by atoms with E-state index in [0.29, 0.717) is 19.5 Å². The first-order valence-corrected chi connectivity index (χ1v) is 7.31. The standard InChI is InChI=1S/C13H24N2O8/c16-9-11(19)23-13(21)15-7-4-2-1-3-6-14-12(20)22-8-5-10(17)18/h11,16,19H,1-9H2,(H,14,20)(H,15,21)(H,17,18). The summed E-state index contributed by atoms with van der Waals surface area (Å²) in [7, 11) is 0. The summed E-state index contributed by atoms with van der Waals surface area (Å²) >= 11 is 0. The summed E-state index contributed by atoms with van der Waals surface area (Å²) in [6.45, 7) is -0.0151. The van der Waals surface area contributed by atoms with Crippen LogP contribution in [0, 0.1) is 0 Å². The number of carboxylic acids is 1. The highest BCUT2D eigenvalue weighted by molar-refractivity contribution is 5.69. The van der Waals surface area contributed by atoms with Crippen LogP contribution in [0.25, 0.3) is 0 Å². The van der Waals surface area contributed by atoms with Gasteiger partial charge in [0.1, 0.15) is 13.2 Å². The number of unbranched alkanes of at least 4 members (excludes halogenated alkanes) is 3. The van der Waals surface area contributed by atoms with E-state index in [1.54, 1.807) is 0 Å². The van der Waals surface area contributed by atoms with E-state index in [4.69, 9.17) is 15.3 Å². The maximum atomic E-state index is 11.1. The first kappa shape index (κ1) is 20.9. The second-order valence-corrected chi connectivity index (χ2v) is 4.59. The number of alkyl carbamates (subject to hydrolysis) is 2. The molecule has 0 aromatic heterocycles. The first-order valence-electron chi connectivity index (χ1n) is 7.31. The van der Waals surface area contributed by atoms with Crippen LogP contribution in [0.3, 0.4) is 0 Å². The average molecular weight is 336 g/mol. The van der Waals surface area contributed by atoms with Crippen LogP contribution in [0.15, 0.2) is 0 Å².